The van der Waals surface area contributed by atoms with Gasteiger partial charge in [-0.1, -0.05) is 24.6 Å². The van der Waals surface area contributed by atoms with Gasteiger partial charge in [0.25, 0.3) is 0 Å². The van der Waals surface area contributed by atoms with Crippen molar-refractivity contribution < 1.29 is 14.3 Å². The summed E-state index contributed by atoms with van der Waals surface area (Å²) in [5.41, 5.74) is 0.761. The van der Waals surface area contributed by atoms with E-state index >= 15 is 0 Å². The van der Waals surface area contributed by atoms with Crippen molar-refractivity contribution in [3.05, 3.63) is 51.2 Å². The monoisotopic (exact) mass is 365 g/mol. The van der Waals surface area contributed by atoms with Crippen molar-refractivity contribution in [3.8, 4) is 11.5 Å². The Morgan fingerprint density at radius 3 is 2.75 bits per heavy atom. The Labute approximate surface area is 151 Å². The molecule has 24 heavy (non-hydrogen) atoms. The number of carbonyl (C=O) groups excluding carboxylic acids is 1. The van der Waals surface area contributed by atoms with Crippen LogP contribution in [0.3, 0.4) is 0 Å². The summed E-state index contributed by atoms with van der Waals surface area (Å²) in [5.74, 6) is 0.848. The van der Waals surface area contributed by atoms with Crippen LogP contribution in [-0.2, 0) is 4.79 Å². The molecule has 4 nitrogen and oxygen atoms in total. The van der Waals surface area contributed by atoms with Crippen LogP contribution in [0.5, 0.6) is 11.5 Å². The molecule has 0 radical (unpaired) electrons. The first-order chi connectivity index (χ1) is 11.6. The summed E-state index contributed by atoms with van der Waals surface area (Å²) in [6.07, 6.45) is 4.03. The summed E-state index contributed by atoms with van der Waals surface area (Å²) in [6.45, 7) is 2.04. The molecule has 0 fully saturated rings. The number of methoxy groups -OCH3 is 2. The molecule has 128 valence electrons. The minimum absolute atomic E-state index is 0.0242. The van der Waals surface area contributed by atoms with Crippen LogP contribution in [0.1, 0.15) is 29.8 Å². The first-order valence-electron chi connectivity index (χ1n) is 7.52. The van der Waals surface area contributed by atoms with Crippen LogP contribution >= 0.6 is 22.9 Å². The van der Waals surface area contributed by atoms with Gasteiger partial charge in [0.05, 0.1) is 25.3 Å². The molecule has 0 spiro atoms. The van der Waals surface area contributed by atoms with Gasteiger partial charge in [0.2, 0.25) is 5.91 Å². The van der Waals surface area contributed by atoms with Crippen LogP contribution < -0.4 is 14.8 Å². The molecule has 0 bridgehead atoms. The van der Waals surface area contributed by atoms with Crippen LogP contribution in [0.2, 0.25) is 5.02 Å². The van der Waals surface area contributed by atoms with Crippen molar-refractivity contribution in [2.45, 2.75) is 19.4 Å². The lowest BCUT2D eigenvalue weighted by molar-refractivity contribution is -0.117. The Hall–Kier alpha value is -1.98. The van der Waals surface area contributed by atoms with Gasteiger partial charge in [-0.3, -0.25) is 4.79 Å². The van der Waals surface area contributed by atoms with Gasteiger partial charge in [0.15, 0.2) is 11.5 Å². The summed E-state index contributed by atoms with van der Waals surface area (Å²) in [6, 6.07) is 7.53. The van der Waals surface area contributed by atoms with E-state index in [-0.39, 0.29) is 11.9 Å². The lowest BCUT2D eigenvalue weighted by Crippen LogP contribution is -2.25. The largest absolute Gasteiger partial charge is 0.493 e. The highest BCUT2D eigenvalue weighted by molar-refractivity contribution is 7.10. The summed E-state index contributed by atoms with van der Waals surface area (Å²) in [4.78, 5) is 13.3. The number of halogens is 1. The van der Waals surface area contributed by atoms with Crippen molar-refractivity contribution in [2.24, 2.45) is 0 Å². The fraction of sp³-hybridized carbons (Fsp3) is 0.278. The van der Waals surface area contributed by atoms with E-state index < -0.39 is 0 Å². The van der Waals surface area contributed by atoms with Crippen LogP contribution in [0.15, 0.2) is 35.7 Å². The second-order valence-corrected chi connectivity index (χ2v) is 6.44. The molecule has 0 aliphatic carbocycles. The smallest absolute Gasteiger partial charge is 0.244 e. The van der Waals surface area contributed by atoms with Crippen molar-refractivity contribution >= 4 is 34.9 Å². The van der Waals surface area contributed by atoms with Gasteiger partial charge in [-0.15, -0.1) is 11.3 Å². The predicted octanol–water partition coefficient (Wildman–Crippen LogP) is 4.70. The second-order valence-electron chi connectivity index (χ2n) is 5.06. The third-order valence-electron chi connectivity index (χ3n) is 3.49. The Bertz CT molecular complexity index is 713. The number of rotatable bonds is 7. The third-order valence-corrected chi connectivity index (χ3v) is 4.76. The Morgan fingerprint density at radius 2 is 2.17 bits per heavy atom. The molecule has 1 N–H and O–H groups in total. The summed E-state index contributed by atoms with van der Waals surface area (Å²) in [7, 11) is 3.07. The molecule has 1 unspecified atom stereocenters. The molecule has 1 atom stereocenters. The van der Waals surface area contributed by atoms with E-state index in [1.165, 1.54) is 13.2 Å². The first kappa shape index (κ1) is 18.4. The molecule has 1 aromatic heterocycles. The van der Waals surface area contributed by atoms with E-state index in [1.54, 1.807) is 36.7 Å². The van der Waals surface area contributed by atoms with E-state index in [4.69, 9.17) is 21.1 Å². The molecule has 0 aliphatic heterocycles. The predicted molar refractivity (Wildman–Crippen MR) is 99.1 cm³/mol. The number of thiophene rings is 1. The molecular formula is C18H20ClNO3S. The second kappa shape index (κ2) is 8.76. The maximum Gasteiger partial charge on any atom is 0.244 e. The number of hydrogen-bond acceptors (Lipinski definition) is 4. The minimum Gasteiger partial charge on any atom is -0.493 e. The molecule has 1 aromatic carbocycles. The maximum atomic E-state index is 12.2. The van der Waals surface area contributed by atoms with Gasteiger partial charge < -0.3 is 14.8 Å². The van der Waals surface area contributed by atoms with E-state index in [1.807, 2.05) is 24.4 Å². The number of benzene rings is 1. The maximum absolute atomic E-state index is 12.2. The average Bonchev–Trinajstić information content (AvgIpc) is 3.11. The lowest BCUT2D eigenvalue weighted by atomic mass is 10.1. The number of nitrogens with one attached hydrogen (secondary N) is 1. The zero-order chi connectivity index (χ0) is 17.5. The topological polar surface area (TPSA) is 47.6 Å². The molecular weight excluding hydrogens is 346 g/mol. The normalized spacial score (nSPS) is 12.2. The molecule has 2 rings (SSSR count). The van der Waals surface area contributed by atoms with Crippen LogP contribution in [0.4, 0.5) is 0 Å². The van der Waals surface area contributed by atoms with Crippen LogP contribution in [0, 0.1) is 0 Å². The fourth-order valence-corrected chi connectivity index (χ4v) is 3.45. The van der Waals surface area contributed by atoms with Crippen LogP contribution in [0.25, 0.3) is 6.08 Å². The fourth-order valence-electron chi connectivity index (χ4n) is 2.29. The van der Waals surface area contributed by atoms with E-state index in [2.05, 4.69) is 5.32 Å². The van der Waals surface area contributed by atoms with Gasteiger partial charge in [-0.05, 0) is 41.6 Å². The summed E-state index contributed by atoms with van der Waals surface area (Å²) >= 11 is 7.80. The number of carbonyl (C=O) groups is 1. The average molecular weight is 366 g/mol. The Morgan fingerprint density at radius 1 is 1.38 bits per heavy atom. The molecule has 1 amide bonds. The zero-order valence-electron chi connectivity index (χ0n) is 13.8. The highest BCUT2D eigenvalue weighted by atomic mass is 35.5. The van der Waals surface area contributed by atoms with Gasteiger partial charge >= 0.3 is 0 Å². The number of hydrogen-bond donors (Lipinski definition) is 1. The summed E-state index contributed by atoms with van der Waals surface area (Å²) in [5, 5.41) is 5.44. The quantitative estimate of drug-likeness (QED) is 0.723. The molecule has 6 heteroatoms. The third kappa shape index (κ3) is 4.52. The Kier molecular flexibility index (Phi) is 6.70. The summed E-state index contributed by atoms with van der Waals surface area (Å²) < 4.78 is 10.4. The lowest BCUT2D eigenvalue weighted by Gasteiger charge is -2.14. The van der Waals surface area contributed by atoms with Crippen molar-refractivity contribution in [1.29, 1.82) is 0 Å². The van der Waals surface area contributed by atoms with Gasteiger partial charge in [-0.25, -0.2) is 0 Å². The highest BCUT2D eigenvalue weighted by Gasteiger charge is 2.12. The van der Waals surface area contributed by atoms with E-state index in [0.717, 1.165) is 16.9 Å². The molecule has 0 saturated heterocycles. The van der Waals surface area contributed by atoms with E-state index in [9.17, 15) is 4.79 Å². The molecule has 2 aromatic rings. The highest BCUT2D eigenvalue weighted by Crippen LogP contribution is 2.36. The first-order valence-corrected chi connectivity index (χ1v) is 8.78. The molecule has 0 saturated carbocycles. The van der Waals surface area contributed by atoms with Crippen molar-refractivity contribution in [2.75, 3.05) is 14.2 Å². The van der Waals surface area contributed by atoms with Crippen LogP contribution in [-0.4, -0.2) is 20.1 Å². The molecule has 0 aliphatic rings. The standard InChI is InChI=1S/C18H20ClNO3S/c1-4-14(16-6-5-9-24-16)20-17(21)8-7-12-10-13(19)18(23-3)15(11-12)22-2/h5-11,14H,4H2,1-3H3,(H,20,21)/b8-7+. The van der Waals surface area contributed by atoms with Gasteiger partial charge in [0.1, 0.15) is 0 Å². The van der Waals surface area contributed by atoms with Crippen molar-refractivity contribution in [3.63, 3.8) is 0 Å². The van der Waals surface area contributed by atoms with Gasteiger partial charge in [0, 0.05) is 11.0 Å². The minimum atomic E-state index is -0.152. The molecule has 1 heterocycles. The van der Waals surface area contributed by atoms with E-state index in [0.29, 0.717) is 16.5 Å². The SMILES string of the molecule is CCC(NC(=O)/C=C/c1cc(Cl)c(OC)c(OC)c1)c1cccs1. The van der Waals surface area contributed by atoms with Crippen molar-refractivity contribution in [1.82, 2.24) is 5.32 Å². The zero-order valence-corrected chi connectivity index (χ0v) is 15.4. The number of ether oxygens (including phenoxy) is 2. The van der Waals surface area contributed by atoms with Gasteiger partial charge in [-0.2, -0.15) is 0 Å². The number of amides is 1. The Balaban J connectivity index is 2.10.